The first kappa shape index (κ1) is 12.9. The van der Waals surface area contributed by atoms with Crippen molar-refractivity contribution in [3.05, 3.63) is 23.8 Å². The van der Waals surface area contributed by atoms with E-state index in [2.05, 4.69) is 38.2 Å². The van der Waals surface area contributed by atoms with Gasteiger partial charge in [0.05, 0.1) is 6.61 Å². The normalized spacial score (nSPS) is 12.2. The van der Waals surface area contributed by atoms with Crippen molar-refractivity contribution in [2.45, 2.75) is 46.6 Å². The van der Waals surface area contributed by atoms with Crippen LogP contribution in [0.4, 0.5) is 5.69 Å². The number of aryl methyl sites for hydroxylation is 1. The Morgan fingerprint density at radius 1 is 1.31 bits per heavy atom. The lowest BCUT2D eigenvalue weighted by Gasteiger charge is -2.17. The summed E-state index contributed by atoms with van der Waals surface area (Å²) in [4.78, 5) is 0. The molecule has 0 spiro atoms. The monoisotopic (exact) mass is 221 g/mol. The van der Waals surface area contributed by atoms with Crippen molar-refractivity contribution in [1.82, 2.24) is 0 Å². The van der Waals surface area contributed by atoms with Gasteiger partial charge in [0.1, 0.15) is 5.75 Å². The highest BCUT2D eigenvalue weighted by atomic mass is 16.5. The molecular formula is C14H23NO. The van der Waals surface area contributed by atoms with Crippen LogP contribution in [0.3, 0.4) is 0 Å². The van der Waals surface area contributed by atoms with Gasteiger partial charge in [-0.15, -0.1) is 0 Å². The van der Waals surface area contributed by atoms with E-state index in [1.807, 2.05) is 13.0 Å². The summed E-state index contributed by atoms with van der Waals surface area (Å²) in [6, 6.07) is 6.75. The minimum atomic E-state index is 0.529. The van der Waals surface area contributed by atoms with E-state index >= 15 is 0 Å². The molecule has 1 N–H and O–H groups in total. The number of ether oxygens (including phenoxy) is 1. The number of nitrogens with one attached hydrogen (secondary N) is 1. The standard InChI is InChI=1S/C14H23NO/c1-5-7-12(4)15-14-9-8-13(16-6-2)10-11(14)3/h8-10,12,15H,5-7H2,1-4H3. The van der Waals surface area contributed by atoms with Crippen LogP contribution < -0.4 is 10.1 Å². The minimum Gasteiger partial charge on any atom is -0.494 e. The van der Waals surface area contributed by atoms with Gasteiger partial charge in [0.2, 0.25) is 0 Å². The number of anilines is 1. The van der Waals surface area contributed by atoms with E-state index in [4.69, 9.17) is 4.74 Å². The highest BCUT2D eigenvalue weighted by Gasteiger charge is 2.04. The van der Waals surface area contributed by atoms with Crippen LogP contribution in [0, 0.1) is 6.92 Å². The van der Waals surface area contributed by atoms with Crippen molar-refractivity contribution < 1.29 is 4.74 Å². The Labute approximate surface area is 99.0 Å². The van der Waals surface area contributed by atoms with E-state index in [1.165, 1.54) is 24.1 Å². The van der Waals surface area contributed by atoms with E-state index in [-0.39, 0.29) is 0 Å². The highest BCUT2D eigenvalue weighted by Crippen LogP contribution is 2.22. The second-order valence-corrected chi connectivity index (χ2v) is 4.24. The predicted octanol–water partition coefficient (Wildman–Crippen LogP) is 3.99. The number of rotatable bonds is 6. The Balaban J connectivity index is 2.67. The van der Waals surface area contributed by atoms with Gasteiger partial charge in [-0.25, -0.2) is 0 Å². The molecule has 2 heteroatoms. The van der Waals surface area contributed by atoms with Crippen molar-refractivity contribution in [3.8, 4) is 5.75 Å². The van der Waals surface area contributed by atoms with Gasteiger partial charge in [0.25, 0.3) is 0 Å². The van der Waals surface area contributed by atoms with Crippen LogP contribution in [-0.2, 0) is 0 Å². The molecule has 0 amide bonds. The fraction of sp³-hybridized carbons (Fsp3) is 0.571. The van der Waals surface area contributed by atoms with Crippen molar-refractivity contribution >= 4 is 5.69 Å². The summed E-state index contributed by atoms with van der Waals surface area (Å²) in [5.74, 6) is 0.952. The summed E-state index contributed by atoms with van der Waals surface area (Å²) in [5, 5.41) is 3.52. The average molecular weight is 221 g/mol. The molecule has 0 aliphatic rings. The second-order valence-electron chi connectivity index (χ2n) is 4.24. The molecule has 1 rings (SSSR count). The van der Waals surface area contributed by atoms with Gasteiger partial charge in [0, 0.05) is 11.7 Å². The quantitative estimate of drug-likeness (QED) is 0.784. The van der Waals surface area contributed by atoms with E-state index in [1.54, 1.807) is 0 Å². The molecule has 0 aliphatic carbocycles. The fourth-order valence-electron chi connectivity index (χ4n) is 1.83. The van der Waals surface area contributed by atoms with Crippen molar-refractivity contribution in [2.24, 2.45) is 0 Å². The van der Waals surface area contributed by atoms with Crippen molar-refractivity contribution in [3.63, 3.8) is 0 Å². The Morgan fingerprint density at radius 2 is 2.06 bits per heavy atom. The summed E-state index contributed by atoms with van der Waals surface area (Å²) in [6.45, 7) is 9.27. The van der Waals surface area contributed by atoms with Crippen LogP contribution >= 0.6 is 0 Å². The lowest BCUT2D eigenvalue weighted by atomic mass is 10.1. The van der Waals surface area contributed by atoms with Gasteiger partial charge in [-0.2, -0.15) is 0 Å². The van der Waals surface area contributed by atoms with Crippen LogP contribution in [0.25, 0.3) is 0 Å². The van der Waals surface area contributed by atoms with Gasteiger partial charge < -0.3 is 10.1 Å². The molecule has 0 bridgehead atoms. The SMILES string of the molecule is CCCC(C)Nc1ccc(OCC)cc1C. The van der Waals surface area contributed by atoms with Crippen LogP contribution in [0.5, 0.6) is 5.75 Å². The Hall–Kier alpha value is -1.18. The summed E-state index contributed by atoms with van der Waals surface area (Å²) in [6.07, 6.45) is 2.41. The molecule has 1 aromatic carbocycles. The largest absolute Gasteiger partial charge is 0.494 e. The molecule has 2 nitrogen and oxygen atoms in total. The van der Waals surface area contributed by atoms with Gasteiger partial charge in [-0.05, 0) is 51.0 Å². The summed E-state index contributed by atoms with van der Waals surface area (Å²) in [5.41, 5.74) is 2.46. The van der Waals surface area contributed by atoms with Gasteiger partial charge in [-0.1, -0.05) is 13.3 Å². The zero-order chi connectivity index (χ0) is 12.0. The molecule has 0 heterocycles. The summed E-state index contributed by atoms with van der Waals surface area (Å²) < 4.78 is 5.47. The maximum Gasteiger partial charge on any atom is 0.119 e. The summed E-state index contributed by atoms with van der Waals surface area (Å²) >= 11 is 0. The maximum absolute atomic E-state index is 5.47. The Kier molecular flexibility index (Phi) is 5.17. The molecule has 0 radical (unpaired) electrons. The van der Waals surface area contributed by atoms with Crippen LogP contribution in [0.15, 0.2) is 18.2 Å². The topological polar surface area (TPSA) is 21.3 Å². The number of benzene rings is 1. The summed E-state index contributed by atoms with van der Waals surface area (Å²) in [7, 11) is 0. The molecule has 1 aromatic rings. The fourth-order valence-corrected chi connectivity index (χ4v) is 1.83. The van der Waals surface area contributed by atoms with E-state index < -0.39 is 0 Å². The number of hydrogen-bond donors (Lipinski definition) is 1. The van der Waals surface area contributed by atoms with Crippen molar-refractivity contribution in [2.75, 3.05) is 11.9 Å². The molecule has 0 saturated carbocycles. The first-order valence-electron chi connectivity index (χ1n) is 6.17. The molecule has 0 fully saturated rings. The van der Waals surface area contributed by atoms with Gasteiger partial charge in [0.15, 0.2) is 0 Å². The predicted molar refractivity (Wildman–Crippen MR) is 70.3 cm³/mol. The zero-order valence-corrected chi connectivity index (χ0v) is 10.8. The van der Waals surface area contributed by atoms with E-state index in [0.717, 1.165) is 12.4 Å². The average Bonchev–Trinajstić information content (AvgIpc) is 2.23. The third-order valence-corrected chi connectivity index (χ3v) is 2.63. The Morgan fingerprint density at radius 3 is 2.62 bits per heavy atom. The van der Waals surface area contributed by atoms with Gasteiger partial charge >= 0.3 is 0 Å². The molecule has 90 valence electrons. The minimum absolute atomic E-state index is 0.529. The van der Waals surface area contributed by atoms with Crippen molar-refractivity contribution in [1.29, 1.82) is 0 Å². The molecule has 16 heavy (non-hydrogen) atoms. The van der Waals surface area contributed by atoms with Crippen LogP contribution in [-0.4, -0.2) is 12.6 Å². The molecule has 0 saturated heterocycles. The second kappa shape index (κ2) is 6.41. The molecule has 1 unspecified atom stereocenters. The van der Waals surface area contributed by atoms with Crippen LogP contribution in [0.1, 0.15) is 39.2 Å². The molecule has 0 aromatic heterocycles. The van der Waals surface area contributed by atoms with Gasteiger partial charge in [-0.3, -0.25) is 0 Å². The first-order valence-corrected chi connectivity index (χ1v) is 6.17. The molecule has 0 aliphatic heterocycles. The number of hydrogen-bond acceptors (Lipinski definition) is 2. The van der Waals surface area contributed by atoms with E-state index in [0.29, 0.717) is 6.04 Å². The molecular weight excluding hydrogens is 198 g/mol. The smallest absolute Gasteiger partial charge is 0.119 e. The van der Waals surface area contributed by atoms with Crippen LogP contribution in [0.2, 0.25) is 0 Å². The third kappa shape index (κ3) is 3.76. The third-order valence-electron chi connectivity index (χ3n) is 2.63. The van der Waals surface area contributed by atoms with E-state index in [9.17, 15) is 0 Å². The highest BCUT2D eigenvalue weighted by molar-refractivity contribution is 5.54. The first-order chi connectivity index (χ1) is 7.67. The Bertz CT molecular complexity index is 323. The lowest BCUT2D eigenvalue weighted by molar-refractivity contribution is 0.340. The lowest BCUT2D eigenvalue weighted by Crippen LogP contribution is -2.15. The molecule has 1 atom stereocenters. The zero-order valence-electron chi connectivity index (χ0n) is 10.8. The maximum atomic E-state index is 5.47.